The number of halogens is 3. The number of carbonyl (C=O) groups is 3. The first-order chi connectivity index (χ1) is 21.5. The molecule has 3 N–H and O–H groups in total. The minimum atomic E-state index is -1.34. The molecule has 2 aliphatic heterocycles. The Morgan fingerprint density at radius 2 is 1.93 bits per heavy atom. The van der Waals surface area contributed by atoms with Crippen molar-refractivity contribution < 1.29 is 33.0 Å². The molecule has 0 radical (unpaired) electrons. The molecule has 3 aromatic rings. The summed E-state index contributed by atoms with van der Waals surface area (Å²) in [6.07, 6.45) is 2.70. The molecule has 0 aliphatic carbocycles. The van der Waals surface area contributed by atoms with E-state index in [-0.39, 0.29) is 35.3 Å². The van der Waals surface area contributed by atoms with Gasteiger partial charge in [-0.2, -0.15) is 0 Å². The van der Waals surface area contributed by atoms with Crippen LogP contribution in [0.4, 0.5) is 25.0 Å². The van der Waals surface area contributed by atoms with Crippen LogP contribution < -0.4 is 10.6 Å². The SMILES string of the molecule is CCOC(=O)C1CCCCC(C(=O)N2CCC(C)(c3c(NC(=O)O)ccc(Cl)c3F)C2)c2cc(ccn2)-c2cc(F)ccc2N1. The van der Waals surface area contributed by atoms with Crippen molar-refractivity contribution in [3.05, 3.63) is 76.6 Å². The average molecular weight is 641 g/mol. The Balaban J connectivity index is 1.48. The van der Waals surface area contributed by atoms with Gasteiger partial charge in [0.2, 0.25) is 5.91 Å². The zero-order chi connectivity index (χ0) is 32.3. The minimum Gasteiger partial charge on any atom is -0.465 e. The van der Waals surface area contributed by atoms with E-state index in [0.29, 0.717) is 61.2 Å². The molecular formula is C33H35ClF2N4O5. The second-order valence-corrected chi connectivity index (χ2v) is 12.1. The highest BCUT2D eigenvalue weighted by molar-refractivity contribution is 6.31. The van der Waals surface area contributed by atoms with Gasteiger partial charge in [-0.3, -0.25) is 15.1 Å². The number of nitrogens with one attached hydrogen (secondary N) is 2. The summed E-state index contributed by atoms with van der Waals surface area (Å²) in [5.41, 5.74) is 1.49. The lowest BCUT2D eigenvalue weighted by Gasteiger charge is -2.30. The quantitative estimate of drug-likeness (QED) is 0.258. The molecule has 2 amide bonds. The molecule has 0 spiro atoms. The van der Waals surface area contributed by atoms with E-state index >= 15 is 4.39 Å². The number of rotatable bonds is 5. The van der Waals surface area contributed by atoms with Crippen molar-refractivity contribution in [2.75, 3.05) is 30.3 Å². The van der Waals surface area contributed by atoms with Crippen LogP contribution in [0.1, 0.15) is 63.1 Å². The number of carbonyl (C=O) groups excluding carboxylic acids is 2. The maximum absolute atomic E-state index is 15.4. The number of aromatic nitrogens is 1. The van der Waals surface area contributed by atoms with Gasteiger partial charge in [0, 0.05) is 41.5 Å². The first kappa shape index (κ1) is 32.2. The summed E-state index contributed by atoms with van der Waals surface area (Å²) in [7, 11) is 0. The largest absolute Gasteiger partial charge is 0.465 e. The van der Waals surface area contributed by atoms with Crippen molar-refractivity contribution in [1.29, 1.82) is 0 Å². The molecular weight excluding hydrogens is 606 g/mol. The van der Waals surface area contributed by atoms with Crippen LogP contribution in [-0.4, -0.2) is 58.7 Å². The zero-order valence-corrected chi connectivity index (χ0v) is 25.8. The Labute approximate surface area is 264 Å². The standard InChI is InChI=1S/C33H35ClF2N4O5/c1-3-45-31(42)26-7-5-4-6-21(27-16-19(12-14-37-27)22-17-20(35)8-10-24(22)38-26)30(41)40-15-13-33(2,18-40)28-25(39-32(43)44)11-9-23(34)29(28)36/h8-12,14,16-17,21,26,38-39H,3-7,13,15,18H2,1-2H3,(H,43,44). The molecule has 3 atom stereocenters. The van der Waals surface area contributed by atoms with E-state index < -0.39 is 41.1 Å². The molecule has 5 rings (SSSR count). The monoisotopic (exact) mass is 640 g/mol. The maximum Gasteiger partial charge on any atom is 0.409 e. The average Bonchev–Trinajstić information content (AvgIpc) is 3.40. The number of esters is 1. The minimum absolute atomic E-state index is 0.0808. The second-order valence-electron chi connectivity index (χ2n) is 11.7. The predicted octanol–water partition coefficient (Wildman–Crippen LogP) is 6.96. The number of likely N-dealkylation sites (tertiary alicyclic amines) is 1. The van der Waals surface area contributed by atoms with Gasteiger partial charge < -0.3 is 20.1 Å². The lowest BCUT2D eigenvalue weighted by molar-refractivity contribution is -0.144. The molecule has 238 valence electrons. The third-order valence-corrected chi connectivity index (χ3v) is 8.88. The fourth-order valence-electron chi connectivity index (χ4n) is 6.40. The van der Waals surface area contributed by atoms with Crippen LogP contribution >= 0.6 is 11.6 Å². The molecule has 3 heterocycles. The van der Waals surface area contributed by atoms with E-state index in [4.69, 9.17) is 16.3 Å². The highest BCUT2D eigenvalue weighted by Crippen LogP contribution is 2.43. The Morgan fingerprint density at radius 3 is 2.69 bits per heavy atom. The predicted molar refractivity (Wildman–Crippen MR) is 166 cm³/mol. The van der Waals surface area contributed by atoms with Gasteiger partial charge in [-0.15, -0.1) is 0 Å². The third kappa shape index (κ3) is 6.88. The van der Waals surface area contributed by atoms with Crippen LogP contribution in [0, 0.1) is 11.6 Å². The summed E-state index contributed by atoms with van der Waals surface area (Å²) in [6.45, 7) is 4.19. The fourth-order valence-corrected chi connectivity index (χ4v) is 6.55. The number of carboxylic acid groups (broad SMARTS) is 1. The summed E-state index contributed by atoms with van der Waals surface area (Å²) in [4.78, 5) is 44.7. The maximum atomic E-state index is 15.4. The van der Waals surface area contributed by atoms with Crippen LogP contribution in [-0.2, 0) is 19.7 Å². The molecule has 2 bridgehead atoms. The van der Waals surface area contributed by atoms with E-state index in [0.717, 1.165) is 0 Å². The molecule has 1 saturated heterocycles. The highest BCUT2D eigenvalue weighted by Gasteiger charge is 2.43. The number of ether oxygens (including phenoxy) is 1. The first-order valence-electron chi connectivity index (χ1n) is 15.0. The van der Waals surface area contributed by atoms with Gasteiger partial charge in [-0.05, 0) is 74.2 Å². The van der Waals surface area contributed by atoms with Gasteiger partial charge >= 0.3 is 12.1 Å². The van der Waals surface area contributed by atoms with Gasteiger partial charge in [-0.1, -0.05) is 31.4 Å². The van der Waals surface area contributed by atoms with Crippen LogP contribution in [0.15, 0.2) is 48.7 Å². The van der Waals surface area contributed by atoms with Crippen molar-refractivity contribution in [3.8, 4) is 11.1 Å². The van der Waals surface area contributed by atoms with Gasteiger partial charge in [0.25, 0.3) is 0 Å². The topological polar surface area (TPSA) is 121 Å². The molecule has 1 aromatic heterocycles. The third-order valence-electron chi connectivity index (χ3n) is 8.59. The van der Waals surface area contributed by atoms with Gasteiger partial charge in [0.15, 0.2) is 0 Å². The van der Waals surface area contributed by atoms with E-state index in [1.165, 1.54) is 24.3 Å². The number of hydrogen-bond donors (Lipinski definition) is 3. The fraction of sp³-hybridized carbons (Fsp3) is 0.394. The molecule has 9 nitrogen and oxygen atoms in total. The number of nitrogens with zero attached hydrogens (tertiary/aromatic N) is 2. The van der Waals surface area contributed by atoms with Gasteiger partial charge in [0.05, 0.1) is 28.9 Å². The summed E-state index contributed by atoms with van der Waals surface area (Å²) >= 11 is 6.11. The van der Waals surface area contributed by atoms with E-state index in [2.05, 4.69) is 15.6 Å². The lowest BCUT2D eigenvalue weighted by Crippen LogP contribution is -2.37. The van der Waals surface area contributed by atoms with Crippen LogP contribution in [0.5, 0.6) is 0 Å². The first-order valence-corrected chi connectivity index (χ1v) is 15.3. The van der Waals surface area contributed by atoms with Crippen molar-refractivity contribution in [2.45, 2.75) is 63.3 Å². The number of hydrogen-bond acceptors (Lipinski definition) is 6. The van der Waals surface area contributed by atoms with Crippen molar-refractivity contribution in [1.82, 2.24) is 9.88 Å². The lowest BCUT2D eigenvalue weighted by atomic mass is 9.80. The Morgan fingerprint density at radius 1 is 1.16 bits per heavy atom. The molecule has 45 heavy (non-hydrogen) atoms. The Bertz CT molecular complexity index is 1620. The number of benzene rings is 2. The van der Waals surface area contributed by atoms with Crippen LogP contribution in [0.25, 0.3) is 11.1 Å². The Hall–Kier alpha value is -4.25. The number of amides is 2. The normalized spacial score (nSPS) is 21.5. The summed E-state index contributed by atoms with van der Waals surface area (Å²) in [5, 5.41) is 14.7. The number of fused-ring (bicyclic) bond motifs is 4. The highest BCUT2D eigenvalue weighted by atomic mass is 35.5. The van der Waals surface area contributed by atoms with Gasteiger partial charge in [-0.25, -0.2) is 18.4 Å². The number of pyridine rings is 1. The van der Waals surface area contributed by atoms with E-state index in [9.17, 15) is 23.9 Å². The van der Waals surface area contributed by atoms with Gasteiger partial charge in [0.1, 0.15) is 17.7 Å². The van der Waals surface area contributed by atoms with Crippen LogP contribution in [0.3, 0.4) is 0 Å². The molecule has 1 fully saturated rings. The summed E-state index contributed by atoms with van der Waals surface area (Å²) in [5.74, 6) is -2.44. The Kier molecular flexibility index (Phi) is 9.57. The van der Waals surface area contributed by atoms with E-state index in [1.54, 1.807) is 43.1 Å². The van der Waals surface area contributed by atoms with E-state index in [1.807, 2.05) is 0 Å². The molecule has 3 unspecified atom stereocenters. The second kappa shape index (κ2) is 13.4. The number of anilines is 2. The molecule has 12 heteroatoms. The summed E-state index contributed by atoms with van der Waals surface area (Å²) in [6, 6.07) is 9.82. The van der Waals surface area contributed by atoms with Crippen LogP contribution in [0.2, 0.25) is 5.02 Å². The molecule has 2 aliphatic rings. The van der Waals surface area contributed by atoms with Crippen molar-refractivity contribution >= 4 is 40.9 Å². The van der Waals surface area contributed by atoms with Crippen molar-refractivity contribution in [2.24, 2.45) is 0 Å². The van der Waals surface area contributed by atoms with Crippen molar-refractivity contribution in [3.63, 3.8) is 0 Å². The molecule has 2 aromatic carbocycles. The zero-order valence-electron chi connectivity index (χ0n) is 25.0. The smallest absolute Gasteiger partial charge is 0.409 e. The molecule has 0 saturated carbocycles. The summed E-state index contributed by atoms with van der Waals surface area (Å²) < 4.78 is 35.2.